The summed E-state index contributed by atoms with van der Waals surface area (Å²) in [5, 5.41) is 5.50. The molecule has 0 bridgehead atoms. The third kappa shape index (κ3) is 3.81. The largest absolute Gasteiger partial charge is 0.397 e. The van der Waals surface area contributed by atoms with Gasteiger partial charge in [-0.25, -0.2) is 4.79 Å². The standard InChI is InChI=1S/C12H19N3O/c1-8(2)7-14-12(16)15-11-6-9(3)4-5-10(11)13/h4-6,8H,7,13H2,1-3H3,(H2,14,15,16). The predicted molar refractivity (Wildman–Crippen MR) is 67.5 cm³/mol. The fourth-order valence-electron chi connectivity index (χ4n) is 1.24. The first-order valence-electron chi connectivity index (χ1n) is 5.40. The molecule has 0 aliphatic heterocycles. The van der Waals surface area contributed by atoms with Crippen molar-refractivity contribution in [2.45, 2.75) is 20.8 Å². The van der Waals surface area contributed by atoms with Gasteiger partial charge in [-0.1, -0.05) is 19.9 Å². The van der Waals surface area contributed by atoms with Gasteiger partial charge in [-0.2, -0.15) is 0 Å². The maximum Gasteiger partial charge on any atom is 0.319 e. The first-order valence-corrected chi connectivity index (χ1v) is 5.40. The molecular weight excluding hydrogens is 202 g/mol. The summed E-state index contributed by atoms with van der Waals surface area (Å²) in [6, 6.07) is 5.33. The van der Waals surface area contributed by atoms with Crippen LogP contribution in [0.15, 0.2) is 18.2 Å². The summed E-state index contributed by atoms with van der Waals surface area (Å²) in [7, 11) is 0. The Labute approximate surface area is 96.2 Å². The van der Waals surface area contributed by atoms with Crippen LogP contribution in [0.25, 0.3) is 0 Å². The Kier molecular flexibility index (Phi) is 4.17. The lowest BCUT2D eigenvalue weighted by atomic mass is 10.2. The SMILES string of the molecule is Cc1ccc(N)c(NC(=O)NCC(C)C)c1. The average molecular weight is 221 g/mol. The number of hydrogen-bond acceptors (Lipinski definition) is 2. The Hall–Kier alpha value is -1.71. The van der Waals surface area contributed by atoms with Gasteiger partial charge in [-0.15, -0.1) is 0 Å². The Morgan fingerprint density at radius 2 is 2.12 bits per heavy atom. The normalized spacial score (nSPS) is 10.2. The second kappa shape index (κ2) is 5.39. The molecule has 1 aromatic rings. The molecule has 0 saturated carbocycles. The number of benzene rings is 1. The zero-order valence-corrected chi connectivity index (χ0v) is 10.0. The van der Waals surface area contributed by atoms with E-state index in [1.165, 1.54) is 0 Å². The minimum atomic E-state index is -0.217. The fraction of sp³-hybridized carbons (Fsp3) is 0.417. The number of aryl methyl sites for hydroxylation is 1. The van der Waals surface area contributed by atoms with Crippen molar-refractivity contribution in [3.05, 3.63) is 23.8 Å². The predicted octanol–water partition coefficient (Wildman–Crippen LogP) is 2.35. The van der Waals surface area contributed by atoms with Gasteiger partial charge in [0.05, 0.1) is 11.4 Å². The van der Waals surface area contributed by atoms with Crippen molar-refractivity contribution in [2.75, 3.05) is 17.6 Å². The van der Waals surface area contributed by atoms with Gasteiger partial charge in [0.25, 0.3) is 0 Å². The third-order valence-corrected chi connectivity index (χ3v) is 2.13. The number of nitrogens with two attached hydrogens (primary N) is 1. The van der Waals surface area contributed by atoms with Crippen molar-refractivity contribution in [2.24, 2.45) is 5.92 Å². The molecule has 0 aliphatic rings. The number of amides is 2. The number of anilines is 2. The van der Waals surface area contributed by atoms with Crippen LogP contribution in [0, 0.1) is 12.8 Å². The molecule has 0 aliphatic carbocycles. The van der Waals surface area contributed by atoms with Gasteiger partial charge in [-0.3, -0.25) is 0 Å². The number of carbonyl (C=O) groups is 1. The van der Waals surface area contributed by atoms with E-state index in [0.717, 1.165) is 5.56 Å². The Morgan fingerprint density at radius 3 is 2.75 bits per heavy atom. The van der Waals surface area contributed by atoms with Crippen molar-refractivity contribution in [3.63, 3.8) is 0 Å². The van der Waals surface area contributed by atoms with Crippen LogP contribution in [-0.4, -0.2) is 12.6 Å². The van der Waals surface area contributed by atoms with E-state index < -0.39 is 0 Å². The summed E-state index contributed by atoms with van der Waals surface area (Å²) >= 11 is 0. The second-order valence-corrected chi connectivity index (χ2v) is 4.32. The topological polar surface area (TPSA) is 67.1 Å². The minimum Gasteiger partial charge on any atom is -0.397 e. The molecule has 2 amide bonds. The zero-order valence-electron chi connectivity index (χ0n) is 10.0. The molecule has 1 aromatic carbocycles. The van der Waals surface area contributed by atoms with Crippen LogP contribution in [0.5, 0.6) is 0 Å². The number of hydrogen-bond donors (Lipinski definition) is 3. The van der Waals surface area contributed by atoms with Crippen LogP contribution >= 0.6 is 0 Å². The van der Waals surface area contributed by atoms with E-state index in [9.17, 15) is 4.79 Å². The van der Waals surface area contributed by atoms with Crippen LogP contribution in [0.1, 0.15) is 19.4 Å². The van der Waals surface area contributed by atoms with Gasteiger partial charge in [0.15, 0.2) is 0 Å². The molecule has 0 atom stereocenters. The molecule has 4 nitrogen and oxygen atoms in total. The second-order valence-electron chi connectivity index (χ2n) is 4.32. The highest BCUT2D eigenvalue weighted by Gasteiger charge is 2.05. The highest BCUT2D eigenvalue weighted by molar-refractivity contribution is 5.92. The molecule has 0 unspecified atom stereocenters. The van der Waals surface area contributed by atoms with E-state index in [0.29, 0.717) is 23.8 Å². The van der Waals surface area contributed by atoms with Gasteiger partial charge in [0.2, 0.25) is 0 Å². The summed E-state index contributed by atoms with van der Waals surface area (Å²) in [5.74, 6) is 0.431. The van der Waals surface area contributed by atoms with Crippen LogP contribution in [0.2, 0.25) is 0 Å². The smallest absolute Gasteiger partial charge is 0.319 e. The van der Waals surface area contributed by atoms with E-state index in [1.54, 1.807) is 6.07 Å². The van der Waals surface area contributed by atoms with Crippen molar-refractivity contribution in [3.8, 4) is 0 Å². The number of urea groups is 1. The lowest BCUT2D eigenvalue weighted by Crippen LogP contribution is -2.31. The van der Waals surface area contributed by atoms with Crippen molar-refractivity contribution in [1.29, 1.82) is 0 Å². The molecule has 1 rings (SSSR count). The zero-order chi connectivity index (χ0) is 12.1. The highest BCUT2D eigenvalue weighted by Crippen LogP contribution is 2.19. The van der Waals surface area contributed by atoms with Crippen molar-refractivity contribution in [1.82, 2.24) is 5.32 Å². The summed E-state index contributed by atoms with van der Waals surface area (Å²) in [6.45, 7) is 6.69. The lowest BCUT2D eigenvalue weighted by Gasteiger charge is -2.11. The van der Waals surface area contributed by atoms with Gasteiger partial charge < -0.3 is 16.4 Å². The quantitative estimate of drug-likeness (QED) is 0.686. The van der Waals surface area contributed by atoms with Gasteiger partial charge in [0.1, 0.15) is 0 Å². The Morgan fingerprint density at radius 1 is 1.44 bits per heavy atom. The summed E-state index contributed by atoms with van der Waals surface area (Å²) in [5.41, 5.74) is 8.04. The maximum absolute atomic E-state index is 11.5. The van der Waals surface area contributed by atoms with E-state index in [-0.39, 0.29) is 6.03 Å². The number of nitrogen functional groups attached to an aromatic ring is 1. The van der Waals surface area contributed by atoms with Crippen LogP contribution in [-0.2, 0) is 0 Å². The van der Waals surface area contributed by atoms with Gasteiger partial charge >= 0.3 is 6.03 Å². The summed E-state index contributed by atoms with van der Waals surface area (Å²) < 4.78 is 0. The molecule has 0 heterocycles. The fourth-order valence-corrected chi connectivity index (χ4v) is 1.24. The van der Waals surface area contributed by atoms with Gasteiger partial charge in [-0.05, 0) is 30.5 Å². The molecular formula is C12H19N3O. The molecule has 0 fully saturated rings. The van der Waals surface area contributed by atoms with Crippen LogP contribution in [0.4, 0.5) is 16.2 Å². The average Bonchev–Trinajstić information content (AvgIpc) is 2.20. The molecule has 0 saturated heterocycles. The Bertz CT molecular complexity index is 375. The molecule has 4 heteroatoms. The third-order valence-electron chi connectivity index (χ3n) is 2.13. The first kappa shape index (κ1) is 12.4. The van der Waals surface area contributed by atoms with Crippen LogP contribution < -0.4 is 16.4 Å². The summed E-state index contributed by atoms with van der Waals surface area (Å²) in [6.07, 6.45) is 0. The number of rotatable bonds is 3. The highest BCUT2D eigenvalue weighted by atomic mass is 16.2. The Balaban J connectivity index is 2.59. The molecule has 88 valence electrons. The minimum absolute atomic E-state index is 0.217. The van der Waals surface area contributed by atoms with E-state index >= 15 is 0 Å². The van der Waals surface area contributed by atoms with E-state index in [4.69, 9.17) is 5.73 Å². The van der Waals surface area contributed by atoms with E-state index in [2.05, 4.69) is 10.6 Å². The summed E-state index contributed by atoms with van der Waals surface area (Å²) in [4.78, 5) is 11.5. The maximum atomic E-state index is 11.5. The lowest BCUT2D eigenvalue weighted by molar-refractivity contribution is 0.251. The number of carbonyl (C=O) groups excluding carboxylic acids is 1. The molecule has 0 radical (unpaired) electrons. The van der Waals surface area contributed by atoms with Crippen LogP contribution in [0.3, 0.4) is 0 Å². The van der Waals surface area contributed by atoms with E-state index in [1.807, 2.05) is 32.9 Å². The molecule has 4 N–H and O–H groups in total. The van der Waals surface area contributed by atoms with Gasteiger partial charge in [0, 0.05) is 6.54 Å². The molecule has 0 aromatic heterocycles. The van der Waals surface area contributed by atoms with Crippen molar-refractivity contribution < 1.29 is 4.79 Å². The molecule has 16 heavy (non-hydrogen) atoms. The molecule has 0 spiro atoms. The number of nitrogens with one attached hydrogen (secondary N) is 2. The first-order chi connectivity index (χ1) is 7.49. The monoisotopic (exact) mass is 221 g/mol. The van der Waals surface area contributed by atoms with Crippen molar-refractivity contribution >= 4 is 17.4 Å².